The van der Waals surface area contributed by atoms with Gasteiger partial charge in [0.05, 0.1) is 35.7 Å². The van der Waals surface area contributed by atoms with E-state index in [-0.39, 0.29) is 35.5 Å². The number of hydrogen-bond acceptors (Lipinski definition) is 7. The first kappa shape index (κ1) is 43.4. The maximum atomic E-state index is 12.4. The zero-order valence-electron chi connectivity index (χ0n) is 28.6. The van der Waals surface area contributed by atoms with Crippen LogP contribution in [0, 0.1) is 23.7 Å². The molecule has 0 bridgehead atoms. The molecule has 0 radical (unpaired) electrons. The first-order chi connectivity index (χ1) is 21.2. The Balaban J connectivity index is 4.52. The fourth-order valence-electron chi connectivity index (χ4n) is 5.16. The van der Waals surface area contributed by atoms with E-state index in [1.807, 2.05) is 26.0 Å². The van der Waals surface area contributed by atoms with Crippen LogP contribution in [0.4, 0.5) is 0 Å². The van der Waals surface area contributed by atoms with Crippen LogP contribution in [0.2, 0.25) is 0 Å². The first-order valence-corrected chi connectivity index (χ1v) is 17.7. The molecule has 0 aliphatic rings. The van der Waals surface area contributed by atoms with Crippen molar-refractivity contribution in [2.24, 2.45) is 23.7 Å². The zero-order valence-corrected chi connectivity index (χ0v) is 30.1. The van der Waals surface area contributed by atoms with Gasteiger partial charge in [-0.2, -0.15) is 0 Å². The van der Waals surface area contributed by atoms with E-state index < -0.39 is 24.3 Å². The summed E-state index contributed by atoms with van der Waals surface area (Å²) in [7, 11) is 1.61. The number of carboxylic acid groups (broad SMARTS) is 1. The normalized spacial score (nSPS) is 17.1. The van der Waals surface area contributed by atoms with Crippen LogP contribution >= 0.6 is 15.9 Å². The van der Waals surface area contributed by atoms with Gasteiger partial charge in [-0.25, -0.2) is 0 Å². The van der Waals surface area contributed by atoms with E-state index in [0.29, 0.717) is 56.3 Å². The van der Waals surface area contributed by atoms with Crippen molar-refractivity contribution in [3.63, 3.8) is 0 Å². The van der Waals surface area contributed by atoms with Gasteiger partial charge in [0, 0.05) is 32.9 Å². The van der Waals surface area contributed by atoms with Gasteiger partial charge < -0.3 is 30.5 Å². The van der Waals surface area contributed by atoms with Gasteiger partial charge in [-0.05, 0) is 68.3 Å². The number of halogens is 1. The first-order valence-electron chi connectivity index (χ1n) is 16.8. The predicted molar refractivity (Wildman–Crippen MR) is 183 cm³/mol. The van der Waals surface area contributed by atoms with Crippen molar-refractivity contribution < 1.29 is 39.5 Å². The van der Waals surface area contributed by atoms with Crippen molar-refractivity contribution in [2.45, 2.75) is 135 Å². The van der Waals surface area contributed by atoms with Crippen LogP contribution in [0.1, 0.15) is 112 Å². The second-order valence-corrected chi connectivity index (χ2v) is 14.0. The summed E-state index contributed by atoms with van der Waals surface area (Å²) in [5, 5.41) is 42.8. The molecule has 0 saturated carbocycles. The van der Waals surface area contributed by atoms with E-state index in [1.54, 1.807) is 14.0 Å². The fourth-order valence-corrected chi connectivity index (χ4v) is 5.32. The van der Waals surface area contributed by atoms with Crippen LogP contribution in [0.15, 0.2) is 23.8 Å². The lowest BCUT2D eigenvalue weighted by Gasteiger charge is -2.22. The monoisotopic (exact) mass is 703 g/mol. The highest BCUT2D eigenvalue weighted by atomic mass is 79.9. The summed E-state index contributed by atoms with van der Waals surface area (Å²) in [6.45, 7) is 10.2. The number of aliphatic carboxylic acids is 1. The van der Waals surface area contributed by atoms with E-state index in [0.717, 1.165) is 44.1 Å². The van der Waals surface area contributed by atoms with Crippen molar-refractivity contribution in [1.29, 1.82) is 0 Å². The number of hydrogen-bond donors (Lipinski definition) is 5. The minimum atomic E-state index is -1.12. The van der Waals surface area contributed by atoms with Gasteiger partial charge in [0.2, 0.25) is 5.91 Å². The number of carboxylic acids is 1. The van der Waals surface area contributed by atoms with E-state index in [1.165, 1.54) is 0 Å². The van der Waals surface area contributed by atoms with Crippen LogP contribution in [0.5, 0.6) is 0 Å². The highest BCUT2D eigenvalue weighted by Crippen LogP contribution is 2.20. The molecule has 0 aliphatic carbocycles. The van der Waals surface area contributed by atoms with Gasteiger partial charge in [-0.3, -0.25) is 14.4 Å². The summed E-state index contributed by atoms with van der Waals surface area (Å²) in [5.74, 6) is -0.204. The molecule has 1 amide bonds. The number of ketones is 1. The van der Waals surface area contributed by atoms with E-state index in [9.17, 15) is 29.7 Å². The third-order valence-corrected chi connectivity index (χ3v) is 9.72. The standard InChI is InChI=1S/C35H62BrNO8/c1-7-27(14-11-17-29(38)16-9-8-12-25(4)20-26(5)35(43)44)13-10-15-28(23-45-6)18-19-31(40)32(41)21-30(39)22-37-34(42)33(36)24(2)3/h10,13,15,24-27,30-33,39-41H,7-9,11-12,14,16-23H2,1-6H3,(H,37,42)(H,43,44)/b13-10+,28-15-/t25-,26+,27+,30+,31-,32+,33?/m1/s1. The molecule has 0 aromatic carbocycles. The Bertz CT molecular complexity index is 893. The molecule has 0 spiro atoms. The SMILES string of the molecule is CC[C@@H](/C=C/C=C(/CC[C@@H](O)[C@@H](O)C[C@H](O)CNC(=O)C(Br)C(C)C)COC)CCCC(=O)CCCC[C@@H](C)C[C@H](C)C(=O)O. The molecule has 0 aromatic rings. The van der Waals surface area contributed by atoms with Crippen LogP contribution < -0.4 is 5.32 Å². The third-order valence-electron chi connectivity index (χ3n) is 8.25. The summed E-state index contributed by atoms with van der Waals surface area (Å²) in [6.07, 6.45) is 11.1. The molecule has 0 aromatic heterocycles. The molecular weight excluding hydrogens is 642 g/mol. The molecule has 0 aliphatic heterocycles. The molecule has 0 rings (SSSR count). The number of carbonyl (C=O) groups excluding carboxylic acids is 2. The maximum Gasteiger partial charge on any atom is 0.306 e. The number of unbranched alkanes of at least 4 members (excludes halogenated alkanes) is 1. The Morgan fingerprint density at radius 2 is 1.56 bits per heavy atom. The van der Waals surface area contributed by atoms with E-state index in [2.05, 4.69) is 41.2 Å². The molecule has 0 heterocycles. The number of allylic oxidation sites excluding steroid dienone is 3. The molecule has 1 unspecified atom stereocenters. The number of methoxy groups -OCH3 is 1. The van der Waals surface area contributed by atoms with Crippen molar-refractivity contribution in [3.8, 4) is 0 Å². The molecular formula is C35H62BrNO8. The second-order valence-electron chi connectivity index (χ2n) is 13.0. The Hall–Kier alpha value is -1.59. The van der Waals surface area contributed by atoms with Gasteiger partial charge in [-0.1, -0.05) is 81.6 Å². The molecule has 0 saturated heterocycles. The molecule has 262 valence electrons. The van der Waals surface area contributed by atoms with Gasteiger partial charge in [0.15, 0.2) is 0 Å². The van der Waals surface area contributed by atoms with Crippen molar-refractivity contribution in [2.75, 3.05) is 20.3 Å². The third kappa shape index (κ3) is 21.8. The summed E-state index contributed by atoms with van der Waals surface area (Å²) in [4.78, 5) is 35.0. The van der Waals surface area contributed by atoms with Crippen LogP contribution in [-0.4, -0.2) is 81.5 Å². The minimum Gasteiger partial charge on any atom is -0.481 e. The highest BCUT2D eigenvalue weighted by Gasteiger charge is 2.23. The molecule has 5 N–H and O–H groups in total. The fraction of sp³-hybridized carbons (Fsp3) is 0.800. The second kappa shape index (κ2) is 25.5. The Morgan fingerprint density at radius 3 is 2.16 bits per heavy atom. The lowest BCUT2D eigenvalue weighted by atomic mass is 9.92. The lowest BCUT2D eigenvalue weighted by Crippen LogP contribution is -2.40. The minimum absolute atomic E-state index is 0.000172. The summed E-state index contributed by atoms with van der Waals surface area (Å²) >= 11 is 3.32. The van der Waals surface area contributed by atoms with Gasteiger partial charge in [0.25, 0.3) is 0 Å². The Morgan fingerprint density at radius 1 is 0.889 bits per heavy atom. The van der Waals surface area contributed by atoms with Gasteiger partial charge in [-0.15, -0.1) is 0 Å². The number of ether oxygens (including phenoxy) is 1. The number of carbonyl (C=O) groups is 3. The molecule has 0 fully saturated rings. The van der Waals surface area contributed by atoms with Crippen LogP contribution in [-0.2, 0) is 19.1 Å². The van der Waals surface area contributed by atoms with E-state index >= 15 is 0 Å². The van der Waals surface area contributed by atoms with E-state index in [4.69, 9.17) is 9.84 Å². The van der Waals surface area contributed by atoms with Gasteiger partial charge in [0.1, 0.15) is 5.78 Å². The highest BCUT2D eigenvalue weighted by molar-refractivity contribution is 9.10. The van der Waals surface area contributed by atoms with Crippen LogP contribution in [0.3, 0.4) is 0 Å². The number of nitrogens with one attached hydrogen (secondary N) is 1. The average Bonchev–Trinajstić information content (AvgIpc) is 2.98. The van der Waals surface area contributed by atoms with Crippen LogP contribution in [0.25, 0.3) is 0 Å². The number of aliphatic hydroxyl groups excluding tert-OH is 3. The van der Waals surface area contributed by atoms with Gasteiger partial charge >= 0.3 is 5.97 Å². The number of Topliss-reactive ketones (excluding diaryl/α,β-unsaturated/α-hetero) is 1. The summed E-state index contributed by atoms with van der Waals surface area (Å²) in [5.41, 5.74) is 0.974. The number of aliphatic hydroxyl groups is 3. The van der Waals surface area contributed by atoms with Crippen molar-refractivity contribution >= 4 is 33.6 Å². The number of rotatable bonds is 27. The van der Waals surface area contributed by atoms with Crippen molar-refractivity contribution in [1.82, 2.24) is 5.32 Å². The topological polar surface area (TPSA) is 153 Å². The quantitative estimate of drug-likeness (QED) is 0.0398. The zero-order chi connectivity index (χ0) is 34.4. The molecule has 7 atom stereocenters. The molecule has 10 heteroatoms. The molecule has 9 nitrogen and oxygen atoms in total. The largest absolute Gasteiger partial charge is 0.481 e. The number of alkyl halides is 1. The summed E-state index contributed by atoms with van der Waals surface area (Å²) < 4.78 is 5.31. The summed E-state index contributed by atoms with van der Waals surface area (Å²) in [6, 6.07) is 0. The average molecular weight is 705 g/mol. The number of amides is 1. The predicted octanol–water partition coefficient (Wildman–Crippen LogP) is 5.98. The Kier molecular flexibility index (Phi) is 24.6. The van der Waals surface area contributed by atoms with Crippen molar-refractivity contribution in [3.05, 3.63) is 23.8 Å². The lowest BCUT2D eigenvalue weighted by molar-refractivity contribution is -0.141. The Labute approximate surface area is 280 Å². The maximum absolute atomic E-state index is 12.4. The smallest absolute Gasteiger partial charge is 0.306 e. The molecule has 45 heavy (non-hydrogen) atoms.